The van der Waals surface area contributed by atoms with Crippen LogP contribution in [-0.4, -0.2) is 45.8 Å². The minimum absolute atomic E-state index is 0.0426. The number of rotatable bonds is 3. The van der Waals surface area contributed by atoms with Crippen LogP contribution in [0.4, 0.5) is 11.5 Å². The molecule has 2 rings (SSSR count). The Morgan fingerprint density at radius 3 is 2.81 bits per heavy atom. The summed E-state index contributed by atoms with van der Waals surface area (Å²) < 4.78 is 5.77. The van der Waals surface area contributed by atoms with Gasteiger partial charge >= 0.3 is 11.7 Å². The van der Waals surface area contributed by atoms with Crippen LogP contribution in [0.3, 0.4) is 0 Å². The van der Waals surface area contributed by atoms with Crippen molar-refractivity contribution >= 4 is 17.5 Å². The number of pyridine rings is 1. The number of aromatic nitrogens is 1. The fourth-order valence-electron chi connectivity index (χ4n) is 2.56. The number of carboxylic acid groups (broad SMARTS) is 1. The second-order valence-corrected chi connectivity index (χ2v) is 5.69. The Kier molecular flexibility index (Phi) is 3.82. The molecule has 2 heterocycles. The maximum absolute atomic E-state index is 11.2. The van der Waals surface area contributed by atoms with Crippen LogP contribution in [0.1, 0.15) is 31.1 Å². The first-order chi connectivity index (χ1) is 9.69. The lowest BCUT2D eigenvalue weighted by Gasteiger charge is -2.42. The summed E-state index contributed by atoms with van der Waals surface area (Å²) in [5.41, 5.74) is -1.27. The number of carbonyl (C=O) groups is 1. The molecule has 1 fully saturated rings. The highest BCUT2D eigenvalue weighted by molar-refractivity contribution is 5.93. The molecule has 1 N–H and O–H groups in total. The van der Waals surface area contributed by atoms with Gasteiger partial charge in [0.2, 0.25) is 0 Å². The van der Waals surface area contributed by atoms with Gasteiger partial charge in [-0.25, -0.2) is 9.78 Å². The van der Waals surface area contributed by atoms with E-state index in [1.54, 1.807) is 0 Å². The van der Waals surface area contributed by atoms with Gasteiger partial charge in [-0.1, -0.05) is 0 Å². The van der Waals surface area contributed by atoms with E-state index < -0.39 is 22.2 Å². The zero-order valence-corrected chi connectivity index (χ0v) is 12.1. The van der Waals surface area contributed by atoms with Crippen molar-refractivity contribution in [1.82, 2.24) is 4.98 Å². The van der Waals surface area contributed by atoms with E-state index in [9.17, 15) is 14.9 Å². The highest BCUT2D eigenvalue weighted by Crippen LogP contribution is 2.27. The summed E-state index contributed by atoms with van der Waals surface area (Å²) in [6.07, 6.45) is 0.949. The number of nitro groups is 1. The number of aromatic carboxylic acids is 1. The molecule has 0 aromatic carbocycles. The van der Waals surface area contributed by atoms with Crippen molar-refractivity contribution in [2.24, 2.45) is 0 Å². The first-order valence-electron chi connectivity index (χ1n) is 6.50. The number of hydrogen-bond donors (Lipinski definition) is 1. The van der Waals surface area contributed by atoms with Crippen molar-refractivity contribution in [3.63, 3.8) is 0 Å². The van der Waals surface area contributed by atoms with E-state index in [0.717, 1.165) is 6.20 Å². The Hall–Kier alpha value is -2.22. The van der Waals surface area contributed by atoms with Gasteiger partial charge in [0.1, 0.15) is 17.6 Å². The van der Waals surface area contributed by atoms with Crippen molar-refractivity contribution in [2.45, 2.75) is 32.5 Å². The summed E-state index contributed by atoms with van der Waals surface area (Å²) in [6, 6.07) is 1.24. The number of morpholine rings is 1. The summed E-state index contributed by atoms with van der Waals surface area (Å²) in [5, 5.41) is 20.0. The van der Waals surface area contributed by atoms with Gasteiger partial charge in [0.15, 0.2) is 0 Å². The predicted molar refractivity (Wildman–Crippen MR) is 74.7 cm³/mol. The van der Waals surface area contributed by atoms with E-state index >= 15 is 0 Å². The molecule has 8 nitrogen and oxygen atoms in total. The molecule has 1 aliphatic rings. The van der Waals surface area contributed by atoms with Crippen LogP contribution in [0.2, 0.25) is 0 Å². The summed E-state index contributed by atoms with van der Waals surface area (Å²) in [5.74, 6) is -0.938. The monoisotopic (exact) mass is 295 g/mol. The standard InChI is InChI=1S/C13H17N3O5/c1-8-6-15(7-13(2,3)21-8)11-4-9(12(17)18)10(5-14-11)16(19)20/h4-5,8H,6-7H2,1-3H3,(H,17,18). The maximum Gasteiger partial charge on any atom is 0.342 e. The van der Waals surface area contributed by atoms with Crippen LogP contribution < -0.4 is 4.90 Å². The molecule has 1 unspecified atom stereocenters. The van der Waals surface area contributed by atoms with Crippen molar-refractivity contribution in [1.29, 1.82) is 0 Å². The van der Waals surface area contributed by atoms with E-state index in [4.69, 9.17) is 9.84 Å². The van der Waals surface area contributed by atoms with E-state index in [2.05, 4.69) is 4.98 Å². The second-order valence-electron chi connectivity index (χ2n) is 5.69. The van der Waals surface area contributed by atoms with Crippen LogP contribution in [0, 0.1) is 10.1 Å². The Morgan fingerprint density at radius 1 is 1.62 bits per heavy atom. The molecule has 0 spiro atoms. The third-order valence-electron chi connectivity index (χ3n) is 3.19. The molecule has 1 saturated heterocycles. The second kappa shape index (κ2) is 5.28. The highest BCUT2D eigenvalue weighted by atomic mass is 16.6. The summed E-state index contributed by atoms with van der Waals surface area (Å²) >= 11 is 0. The van der Waals surface area contributed by atoms with Crippen LogP contribution in [0.25, 0.3) is 0 Å². The Morgan fingerprint density at radius 2 is 2.29 bits per heavy atom. The van der Waals surface area contributed by atoms with Crippen LogP contribution in [-0.2, 0) is 4.74 Å². The number of carboxylic acids is 1. The van der Waals surface area contributed by atoms with Gasteiger partial charge in [0, 0.05) is 19.2 Å². The normalized spacial score (nSPS) is 21.1. The molecule has 1 atom stereocenters. The molecule has 0 amide bonds. The van der Waals surface area contributed by atoms with E-state index in [1.165, 1.54) is 6.07 Å². The van der Waals surface area contributed by atoms with Crippen LogP contribution in [0.15, 0.2) is 12.3 Å². The fraction of sp³-hybridized carbons (Fsp3) is 0.538. The van der Waals surface area contributed by atoms with Gasteiger partial charge in [-0.15, -0.1) is 0 Å². The average Bonchev–Trinajstić information content (AvgIpc) is 2.35. The zero-order chi connectivity index (χ0) is 15.8. The van der Waals surface area contributed by atoms with Crippen molar-refractivity contribution < 1.29 is 19.6 Å². The maximum atomic E-state index is 11.2. The molecule has 1 aromatic heterocycles. The van der Waals surface area contributed by atoms with Crippen molar-refractivity contribution in [3.05, 3.63) is 27.9 Å². The molecule has 0 aliphatic carbocycles. The highest BCUT2D eigenvalue weighted by Gasteiger charge is 2.33. The lowest BCUT2D eigenvalue weighted by molar-refractivity contribution is -0.385. The molecule has 0 saturated carbocycles. The van der Waals surface area contributed by atoms with Crippen molar-refractivity contribution in [2.75, 3.05) is 18.0 Å². The SMILES string of the molecule is CC1CN(c2cc(C(=O)O)c([N+](=O)[O-])cn2)CC(C)(C)O1. The Labute approximate surface area is 121 Å². The molecule has 1 aliphatic heterocycles. The molecule has 114 valence electrons. The van der Waals surface area contributed by atoms with Crippen molar-refractivity contribution in [3.8, 4) is 0 Å². The summed E-state index contributed by atoms with van der Waals surface area (Å²) in [6.45, 7) is 6.85. The number of hydrogen-bond acceptors (Lipinski definition) is 6. The number of anilines is 1. The quantitative estimate of drug-likeness (QED) is 0.668. The van der Waals surface area contributed by atoms with Gasteiger partial charge in [-0.2, -0.15) is 0 Å². The van der Waals surface area contributed by atoms with E-state index in [-0.39, 0.29) is 11.7 Å². The topological polar surface area (TPSA) is 106 Å². The van der Waals surface area contributed by atoms with Crippen LogP contribution >= 0.6 is 0 Å². The molecular weight excluding hydrogens is 278 g/mol. The van der Waals surface area contributed by atoms with Gasteiger partial charge in [0.05, 0.1) is 16.6 Å². The first-order valence-corrected chi connectivity index (χ1v) is 6.50. The summed E-state index contributed by atoms with van der Waals surface area (Å²) in [7, 11) is 0. The third-order valence-corrected chi connectivity index (χ3v) is 3.19. The molecular formula is C13H17N3O5. The van der Waals surface area contributed by atoms with Gasteiger partial charge < -0.3 is 14.7 Å². The first kappa shape index (κ1) is 15.2. The lowest BCUT2D eigenvalue weighted by atomic mass is 10.1. The smallest absolute Gasteiger partial charge is 0.342 e. The Balaban J connectivity index is 2.38. The zero-order valence-electron chi connectivity index (χ0n) is 12.1. The minimum atomic E-state index is -1.34. The molecule has 0 bridgehead atoms. The lowest BCUT2D eigenvalue weighted by Crippen LogP contribution is -2.52. The van der Waals surface area contributed by atoms with E-state index in [1.807, 2.05) is 25.7 Å². The van der Waals surface area contributed by atoms with Gasteiger partial charge in [-0.3, -0.25) is 10.1 Å². The van der Waals surface area contributed by atoms with E-state index in [0.29, 0.717) is 18.9 Å². The molecule has 0 radical (unpaired) electrons. The minimum Gasteiger partial charge on any atom is -0.477 e. The fourth-order valence-corrected chi connectivity index (χ4v) is 2.56. The Bertz CT molecular complexity index is 587. The largest absolute Gasteiger partial charge is 0.477 e. The number of ether oxygens (including phenoxy) is 1. The number of nitrogens with zero attached hydrogens (tertiary/aromatic N) is 3. The van der Waals surface area contributed by atoms with Gasteiger partial charge in [-0.05, 0) is 20.8 Å². The molecule has 8 heteroatoms. The molecule has 1 aromatic rings. The predicted octanol–water partition coefficient (Wildman–Crippen LogP) is 1.69. The average molecular weight is 295 g/mol. The van der Waals surface area contributed by atoms with Gasteiger partial charge in [0.25, 0.3) is 0 Å². The third kappa shape index (κ3) is 3.27. The van der Waals surface area contributed by atoms with Crippen LogP contribution in [0.5, 0.6) is 0 Å². The summed E-state index contributed by atoms with van der Waals surface area (Å²) in [4.78, 5) is 27.2. The molecule has 21 heavy (non-hydrogen) atoms.